The standard InChI is InChI=1S/C17H17N5O3/c18-9-14-16(20-6-5-19-14)24-12-2-1-7-22(10-12)17(23)13-8-15(25-21-13)11-3-4-11/h5-6,8,11-12H,1-4,7,10H2/t12-/m1/s1. The largest absolute Gasteiger partial charge is 0.470 e. The normalized spacial score (nSPS) is 20.1. The number of nitriles is 1. The summed E-state index contributed by atoms with van der Waals surface area (Å²) in [7, 11) is 0. The van der Waals surface area contributed by atoms with E-state index in [1.165, 1.54) is 12.4 Å². The zero-order valence-corrected chi connectivity index (χ0v) is 13.6. The third kappa shape index (κ3) is 3.31. The van der Waals surface area contributed by atoms with Crippen molar-refractivity contribution in [3.8, 4) is 11.9 Å². The first-order valence-electron chi connectivity index (χ1n) is 8.38. The van der Waals surface area contributed by atoms with Gasteiger partial charge in [-0.25, -0.2) is 9.97 Å². The minimum absolute atomic E-state index is 0.149. The number of hydrogen-bond donors (Lipinski definition) is 0. The molecule has 0 radical (unpaired) electrons. The Morgan fingerprint density at radius 1 is 1.32 bits per heavy atom. The highest BCUT2D eigenvalue weighted by molar-refractivity contribution is 5.92. The van der Waals surface area contributed by atoms with E-state index in [1.807, 2.05) is 6.07 Å². The minimum Gasteiger partial charge on any atom is -0.470 e. The van der Waals surface area contributed by atoms with E-state index < -0.39 is 0 Å². The average molecular weight is 339 g/mol. The van der Waals surface area contributed by atoms with E-state index in [9.17, 15) is 4.79 Å². The van der Waals surface area contributed by atoms with Crippen molar-refractivity contribution < 1.29 is 14.1 Å². The van der Waals surface area contributed by atoms with Gasteiger partial charge in [0.25, 0.3) is 11.8 Å². The molecule has 0 N–H and O–H groups in total. The lowest BCUT2D eigenvalue weighted by atomic mass is 10.1. The van der Waals surface area contributed by atoms with Crippen molar-refractivity contribution in [2.75, 3.05) is 13.1 Å². The van der Waals surface area contributed by atoms with E-state index in [0.717, 1.165) is 31.4 Å². The summed E-state index contributed by atoms with van der Waals surface area (Å²) < 4.78 is 11.1. The summed E-state index contributed by atoms with van der Waals surface area (Å²) in [5, 5.41) is 13.0. The second-order valence-corrected chi connectivity index (χ2v) is 6.34. The van der Waals surface area contributed by atoms with Gasteiger partial charge in [0.1, 0.15) is 17.9 Å². The molecule has 2 aromatic heterocycles. The first-order chi connectivity index (χ1) is 12.2. The monoisotopic (exact) mass is 339 g/mol. The van der Waals surface area contributed by atoms with Crippen LogP contribution in [-0.4, -0.2) is 45.1 Å². The van der Waals surface area contributed by atoms with Crippen LogP contribution in [0.5, 0.6) is 5.88 Å². The number of rotatable bonds is 4. The summed E-state index contributed by atoms with van der Waals surface area (Å²) in [6, 6.07) is 3.71. The second-order valence-electron chi connectivity index (χ2n) is 6.34. The predicted molar refractivity (Wildman–Crippen MR) is 84.8 cm³/mol. The molecular weight excluding hydrogens is 322 g/mol. The zero-order chi connectivity index (χ0) is 17.2. The number of nitrogens with zero attached hydrogens (tertiary/aromatic N) is 5. The van der Waals surface area contributed by atoms with Crippen molar-refractivity contribution in [1.82, 2.24) is 20.0 Å². The van der Waals surface area contributed by atoms with Gasteiger partial charge in [-0.3, -0.25) is 4.79 Å². The molecule has 4 rings (SSSR count). The summed E-state index contributed by atoms with van der Waals surface area (Å²) in [5.41, 5.74) is 0.497. The highest BCUT2D eigenvalue weighted by atomic mass is 16.5. The lowest BCUT2D eigenvalue weighted by molar-refractivity contribution is 0.0517. The Kier molecular flexibility index (Phi) is 4.06. The molecule has 1 amide bonds. The summed E-state index contributed by atoms with van der Waals surface area (Å²) in [6.07, 6.45) is 6.50. The Bertz CT molecular complexity index is 824. The summed E-state index contributed by atoms with van der Waals surface area (Å²) in [4.78, 5) is 22.4. The molecule has 2 aliphatic rings. The highest BCUT2D eigenvalue weighted by Gasteiger charge is 2.32. The summed E-state index contributed by atoms with van der Waals surface area (Å²) in [6.45, 7) is 1.07. The van der Waals surface area contributed by atoms with Crippen molar-refractivity contribution in [1.29, 1.82) is 5.26 Å². The number of hydrogen-bond acceptors (Lipinski definition) is 7. The van der Waals surface area contributed by atoms with Crippen LogP contribution >= 0.6 is 0 Å². The molecule has 1 atom stereocenters. The van der Waals surface area contributed by atoms with Gasteiger partial charge in [0.2, 0.25) is 5.69 Å². The number of carbonyl (C=O) groups is 1. The first-order valence-corrected chi connectivity index (χ1v) is 8.38. The maximum absolute atomic E-state index is 12.6. The van der Waals surface area contributed by atoms with Gasteiger partial charge in [-0.05, 0) is 25.7 Å². The van der Waals surface area contributed by atoms with Crippen LogP contribution in [0.3, 0.4) is 0 Å². The Morgan fingerprint density at radius 2 is 2.16 bits per heavy atom. The SMILES string of the molecule is N#Cc1nccnc1O[C@@H]1CCCN(C(=O)c2cc(C3CC3)on2)C1. The van der Waals surface area contributed by atoms with Crippen LogP contribution in [0.25, 0.3) is 0 Å². The van der Waals surface area contributed by atoms with Crippen molar-refractivity contribution in [3.05, 3.63) is 35.6 Å². The zero-order valence-electron chi connectivity index (χ0n) is 13.6. The van der Waals surface area contributed by atoms with Crippen molar-refractivity contribution >= 4 is 5.91 Å². The van der Waals surface area contributed by atoms with E-state index in [-0.39, 0.29) is 23.6 Å². The van der Waals surface area contributed by atoms with E-state index in [0.29, 0.717) is 24.7 Å². The fourth-order valence-corrected chi connectivity index (χ4v) is 2.98. The maximum Gasteiger partial charge on any atom is 0.276 e. The number of likely N-dealkylation sites (tertiary alicyclic amines) is 1. The van der Waals surface area contributed by atoms with Gasteiger partial charge < -0.3 is 14.2 Å². The molecule has 1 saturated heterocycles. The molecule has 128 valence electrons. The highest BCUT2D eigenvalue weighted by Crippen LogP contribution is 2.40. The van der Waals surface area contributed by atoms with Crippen LogP contribution in [0.15, 0.2) is 23.0 Å². The maximum atomic E-state index is 12.6. The molecule has 0 aromatic carbocycles. The number of carbonyl (C=O) groups excluding carboxylic acids is 1. The van der Waals surface area contributed by atoms with Gasteiger partial charge in [-0.1, -0.05) is 5.16 Å². The van der Waals surface area contributed by atoms with Crippen LogP contribution in [0, 0.1) is 11.3 Å². The predicted octanol–water partition coefficient (Wildman–Crippen LogP) is 1.90. The van der Waals surface area contributed by atoms with Crippen LogP contribution in [-0.2, 0) is 0 Å². The van der Waals surface area contributed by atoms with Crippen molar-refractivity contribution in [2.45, 2.75) is 37.7 Å². The van der Waals surface area contributed by atoms with Crippen LogP contribution in [0.2, 0.25) is 0 Å². The van der Waals surface area contributed by atoms with E-state index in [1.54, 1.807) is 11.0 Å². The van der Waals surface area contributed by atoms with Crippen molar-refractivity contribution in [3.63, 3.8) is 0 Å². The lowest BCUT2D eigenvalue weighted by Gasteiger charge is -2.32. The molecule has 1 saturated carbocycles. The van der Waals surface area contributed by atoms with Crippen LogP contribution in [0.4, 0.5) is 0 Å². The summed E-state index contributed by atoms with van der Waals surface area (Å²) >= 11 is 0. The van der Waals surface area contributed by atoms with E-state index >= 15 is 0 Å². The first kappa shape index (κ1) is 15.6. The van der Waals surface area contributed by atoms with Gasteiger partial charge in [0, 0.05) is 30.9 Å². The third-order valence-electron chi connectivity index (χ3n) is 4.44. The molecule has 3 heterocycles. The minimum atomic E-state index is -0.226. The van der Waals surface area contributed by atoms with Gasteiger partial charge in [-0.2, -0.15) is 5.26 Å². The number of piperidine rings is 1. The number of ether oxygens (including phenoxy) is 1. The molecule has 25 heavy (non-hydrogen) atoms. The quantitative estimate of drug-likeness (QED) is 0.837. The Balaban J connectivity index is 1.43. The molecule has 8 nitrogen and oxygen atoms in total. The lowest BCUT2D eigenvalue weighted by Crippen LogP contribution is -2.44. The van der Waals surface area contributed by atoms with Crippen LogP contribution < -0.4 is 4.74 Å². The number of aromatic nitrogens is 3. The topological polar surface area (TPSA) is 105 Å². The number of amides is 1. The molecule has 0 bridgehead atoms. The Morgan fingerprint density at radius 3 is 2.96 bits per heavy atom. The molecule has 0 unspecified atom stereocenters. The van der Waals surface area contributed by atoms with Crippen LogP contribution in [0.1, 0.15) is 53.5 Å². The molecule has 0 spiro atoms. The molecule has 2 fully saturated rings. The fraction of sp³-hybridized carbons (Fsp3) is 0.471. The smallest absolute Gasteiger partial charge is 0.276 e. The average Bonchev–Trinajstić information content (AvgIpc) is 3.39. The second kappa shape index (κ2) is 6.51. The van der Waals surface area contributed by atoms with Gasteiger partial charge in [0.15, 0.2) is 5.69 Å². The van der Waals surface area contributed by atoms with Gasteiger partial charge >= 0.3 is 0 Å². The van der Waals surface area contributed by atoms with Crippen molar-refractivity contribution in [2.24, 2.45) is 0 Å². The molecule has 2 aromatic rings. The van der Waals surface area contributed by atoms with Gasteiger partial charge in [-0.15, -0.1) is 0 Å². The van der Waals surface area contributed by atoms with E-state index in [4.69, 9.17) is 14.5 Å². The third-order valence-corrected chi connectivity index (χ3v) is 4.44. The Labute approximate surface area is 144 Å². The molecule has 1 aliphatic heterocycles. The van der Waals surface area contributed by atoms with Gasteiger partial charge in [0.05, 0.1) is 6.54 Å². The molecule has 8 heteroatoms. The fourth-order valence-electron chi connectivity index (χ4n) is 2.98. The molecular formula is C17H17N5O3. The van der Waals surface area contributed by atoms with E-state index in [2.05, 4.69) is 15.1 Å². The Hall–Kier alpha value is -2.95. The summed E-state index contributed by atoms with van der Waals surface area (Å²) in [5.74, 6) is 1.28. The molecule has 1 aliphatic carbocycles.